The Labute approximate surface area is 180 Å². The van der Waals surface area contributed by atoms with Crippen LogP contribution < -0.4 is 4.90 Å². The molecule has 4 rings (SSSR count). The SMILES string of the molecule is CN(c1ccccc1)c1ccc(/C=C2\SC(=S)N(Cc3ccccc3)C2=O)cc1. The number of hydrogen-bond acceptors (Lipinski definition) is 4. The number of carbonyl (C=O) groups excluding carboxylic acids is 1. The molecule has 1 amide bonds. The molecule has 0 N–H and O–H groups in total. The van der Waals surface area contributed by atoms with Crippen molar-refractivity contribution in [2.45, 2.75) is 6.54 Å². The number of carbonyl (C=O) groups is 1. The third-order valence-corrected chi connectivity index (χ3v) is 6.16. The molecular formula is C24H20N2OS2. The van der Waals surface area contributed by atoms with Crippen molar-refractivity contribution in [2.75, 3.05) is 11.9 Å². The summed E-state index contributed by atoms with van der Waals surface area (Å²) in [6.45, 7) is 0.504. The van der Waals surface area contributed by atoms with E-state index < -0.39 is 0 Å². The summed E-state index contributed by atoms with van der Waals surface area (Å²) in [5, 5.41) is 0. The minimum Gasteiger partial charge on any atom is -0.345 e. The van der Waals surface area contributed by atoms with Gasteiger partial charge in [0.05, 0.1) is 11.4 Å². The fourth-order valence-corrected chi connectivity index (χ4v) is 4.40. The van der Waals surface area contributed by atoms with Crippen LogP contribution in [-0.2, 0) is 11.3 Å². The second-order valence-electron chi connectivity index (χ2n) is 6.74. The van der Waals surface area contributed by atoms with Gasteiger partial charge in [-0.05, 0) is 41.5 Å². The molecule has 29 heavy (non-hydrogen) atoms. The van der Waals surface area contributed by atoms with Gasteiger partial charge in [-0.3, -0.25) is 9.69 Å². The van der Waals surface area contributed by atoms with Gasteiger partial charge in [-0.2, -0.15) is 0 Å². The Morgan fingerprint density at radius 1 is 0.897 bits per heavy atom. The highest BCUT2D eigenvalue weighted by atomic mass is 32.2. The van der Waals surface area contributed by atoms with E-state index in [9.17, 15) is 4.79 Å². The third kappa shape index (κ3) is 4.42. The molecule has 3 nitrogen and oxygen atoms in total. The molecule has 0 atom stereocenters. The number of rotatable bonds is 5. The van der Waals surface area contributed by atoms with Crippen molar-refractivity contribution < 1.29 is 4.79 Å². The Kier molecular flexibility index (Phi) is 5.79. The van der Waals surface area contributed by atoms with Crippen LogP contribution in [0.15, 0.2) is 89.8 Å². The molecule has 1 heterocycles. The Morgan fingerprint density at radius 2 is 1.48 bits per heavy atom. The van der Waals surface area contributed by atoms with Crippen LogP contribution in [0.1, 0.15) is 11.1 Å². The van der Waals surface area contributed by atoms with Crippen LogP contribution in [0.5, 0.6) is 0 Å². The molecule has 1 aliphatic heterocycles. The number of thiocarbonyl (C=S) groups is 1. The smallest absolute Gasteiger partial charge is 0.266 e. The number of benzene rings is 3. The molecule has 5 heteroatoms. The van der Waals surface area contributed by atoms with Crippen molar-refractivity contribution >= 4 is 51.7 Å². The first-order chi connectivity index (χ1) is 14.1. The zero-order valence-electron chi connectivity index (χ0n) is 16.0. The minimum atomic E-state index is -0.0330. The molecule has 3 aromatic rings. The van der Waals surface area contributed by atoms with Crippen molar-refractivity contribution in [3.63, 3.8) is 0 Å². The van der Waals surface area contributed by atoms with Gasteiger partial charge >= 0.3 is 0 Å². The minimum absolute atomic E-state index is 0.0330. The maximum atomic E-state index is 12.8. The highest BCUT2D eigenvalue weighted by Crippen LogP contribution is 2.34. The standard InChI is InChI=1S/C24H20N2OS2/c1-25(20-10-6-3-7-11-20)21-14-12-18(13-15-21)16-22-23(27)26(24(28)29-22)17-19-8-4-2-5-9-19/h2-16H,17H2,1H3/b22-16-. The predicted octanol–water partition coefficient (Wildman–Crippen LogP) is 5.86. The molecule has 0 spiro atoms. The van der Waals surface area contributed by atoms with Gasteiger partial charge in [-0.15, -0.1) is 0 Å². The lowest BCUT2D eigenvalue weighted by molar-refractivity contribution is -0.122. The van der Waals surface area contributed by atoms with E-state index >= 15 is 0 Å². The first-order valence-electron chi connectivity index (χ1n) is 9.30. The molecule has 1 saturated heterocycles. The summed E-state index contributed by atoms with van der Waals surface area (Å²) in [4.78, 5) is 17.3. The molecule has 0 saturated carbocycles. The molecule has 144 valence electrons. The van der Waals surface area contributed by atoms with Crippen LogP contribution in [0.4, 0.5) is 11.4 Å². The molecule has 0 bridgehead atoms. The molecule has 1 aliphatic rings. The van der Waals surface area contributed by atoms with E-state index in [-0.39, 0.29) is 5.91 Å². The van der Waals surface area contributed by atoms with Crippen LogP contribution >= 0.6 is 24.0 Å². The van der Waals surface area contributed by atoms with Crippen LogP contribution in [0, 0.1) is 0 Å². The Balaban J connectivity index is 1.49. The monoisotopic (exact) mass is 416 g/mol. The zero-order chi connectivity index (χ0) is 20.2. The van der Waals surface area contributed by atoms with Crippen molar-refractivity contribution in [2.24, 2.45) is 0 Å². The lowest BCUT2D eigenvalue weighted by atomic mass is 10.1. The number of amides is 1. The fourth-order valence-electron chi connectivity index (χ4n) is 3.15. The van der Waals surface area contributed by atoms with E-state index in [2.05, 4.69) is 29.2 Å². The molecule has 1 fully saturated rings. The van der Waals surface area contributed by atoms with Crippen LogP contribution in [0.25, 0.3) is 6.08 Å². The van der Waals surface area contributed by atoms with Gasteiger partial charge in [-0.25, -0.2) is 0 Å². The predicted molar refractivity (Wildman–Crippen MR) is 126 cm³/mol. The van der Waals surface area contributed by atoms with Crippen molar-refractivity contribution in [3.05, 3.63) is 101 Å². The van der Waals surface area contributed by atoms with Gasteiger partial charge in [0.25, 0.3) is 5.91 Å². The molecule has 0 aromatic heterocycles. The topological polar surface area (TPSA) is 23.6 Å². The quantitative estimate of drug-likeness (QED) is 0.384. The number of thioether (sulfide) groups is 1. The lowest BCUT2D eigenvalue weighted by Crippen LogP contribution is -2.27. The van der Waals surface area contributed by atoms with Gasteiger partial charge in [0.2, 0.25) is 0 Å². The maximum Gasteiger partial charge on any atom is 0.266 e. The van der Waals surface area contributed by atoms with E-state index in [1.54, 1.807) is 4.90 Å². The van der Waals surface area contributed by atoms with Gasteiger partial charge in [0.1, 0.15) is 4.32 Å². The highest BCUT2D eigenvalue weighted by molar-refractivity contribution is 8.26. The van der Waals surface area contributed by atoms with Gasteiger partial charge < -0.3 is 4.90 Å². The molecule has 0 radical (unpaired) electrons. The summed E-state index contributed by atoms with van der Waals surface area (Å²) < 4.78 is 0.602. The summed E-state index contributed by atoms with van der Waals surface area (Å²) in [6.07, 6.45) is 1.91. The van der Waals surface area contributed by atoms with Crippen molar-refractivity contribution in [1.29, 1.82) is 0 Å². The normalized spacial score (nSPS) is 15.2. The molecule has 3 aromatic carbocycles. The maximum absolute atomic E-state index is 12.8. The first kappa shape index (κ1) is 19.4. The van der Waals surface area contributed by atoms with Crippen LogP contribution in [0.3, 0.4) is 0 Å². The third-order valence-electron chi connectivity index (χ3n) is 4.78. The summed E-state index contributed by atoms with van der Waals surface area (Å²) in [5.74, 6) is -0.0330. The number of para-hydroxylation sites is 1. The number of nitrogens with zero attached hydrogens (tertiary/aromatic N) is 2. The second-order valence-corrected chi connectivity index (χ2v) is 8.42. The summed E-state index contributed by atoms with van der Waals surface area (Å²) in [5.41, 5.74) is 4.26. The molecular weight excluding hydrogens is 396 g/mol. The van der Waals surface area contributed by atoms with E-state index in [1.807, 2.05) is 73.8 Å². The lowest BCUT2D eigenvalue weighted by Gasteiger charge is -2.19. The largest absolute Gasteiger partial charge is 0.345 e. The van der Waals surface area contributed by atoms with Gasteiger partial charge in [0.15, 0.2) is 0 Å². The Morgan fingerprint density at radius 3 is 2.14 bits per heavy atom. The van der Waals surface area contributed by atoms with E-state index in [1.165, 1.54) is 11.8 Å². The first-order valence-corrected chi connectivity index (χ1v) is 10.5. The second kappa shape index (κ2) is 8.64. The van der Waals surface area contributed by atoms with Crippen LogP contribution in [-0.4, -0.2) is 22.2 Å². The highest BCUT2D eigenvalue weighted by Gasteiger charge is 2.31. The average Bonchev–Trinajstić information content (AvgIpc) is 3.02. The van der Waals surface area contributed by atoms with Crippen molar-refractivity contribution in [3.8, 4) is 0 Å². The van der Waals surface area contributed by atoms with E-state index in [4.69, 9.17) is 12.2 Å². The Bertz CT molecular complexity index is 1050. The van der Waals surface area contributed by atoms with E-state index in [0.29, 0.717) is 15.8 Å². The fraction of sp³-hybridized carbons (Fsp3) is 0.0833. The van der Waals surface area contributed by atoms with Gasteiger partial charge in [0, 0.05) is 18.4 Å². The number of anilines is 2. The summed E-state index contributed by atoms with van der Waals surface area (Å²) in [7, 11) is 2.04. The molecule has 0 unspecified atom stereocenters. The Hall–Kier alpha value is -2.89. The van der Waals surface area contributed by atoms with Crippen LogP contribution in [0.2, 0.25) is 0 Å². The van der Waals surface area contributed by atoms with Gasteiger partial charge in [-0.1, -0.05) is 84.6 Å². The number of hydrogen-bond donors (Lipinski definition) is 0. The summed E-state index contributed by atoms with van der Waals surface area (Å²) in [6, 6.07) is 28.3. The summed E-state index contributed by atoms with van der Waals surface area (Å²) >= 11 is 6.80. The zero-order valence-corrected chi connectivity index (χ0v) is 17.6. The van der Waals surface area contributed by atoms with E-state index in [0.717, 1.165) is 22.5 Å². The average molecular weight is 417 g/mol. The van der Waals surface area contributed by atoms with Crippen molar-refractivity contribution in [1.82, 2.24) is 4.90 Å². The molecule has 0 aliphatic carbocycles.